The summed E-state index contributed by atoms with van der Waals surface area (Å²) in [6, 6.07) is 6.48. The Hall–Kier alpha value is -2.82. The third kappa shape index (κ3) is 8.06. The molecule has 2 aromatic rings. The standard InChI is InChI=1S/C34H53FN6O3/c1-24(2)29(10-9-16-38(7)18-19-43-8)40-22-34(23-40)14-17-39(21-34)30-13-15-36-37-32(30)44-31-12-11-27(35)20-28(31)33(42)41(25(3)4)26(5)6/h11-13,15,20,24-26,29H,9-10,14,16-19,21-23H2,1-8H3. The number of carbonyl (C=O) groups is 1. The van der Waals surface area contributed by atoms with Crippen LogP contribution in [0.1, 0.15) is 71.2 Å². The zero-order chi connectivity index (χ0) is 32.0. The molecular weight excluding hydrogens is 559 g/mol. The van der Waals surface area contributed by atoms with Gasteiger partial charge < -0.3 is 24.2 Å². The van der Waals surface area contributed by atoms with Crippen molar-refractivity contribution in [1.82, 2.24) is 24.9 Å². The molecular formula is C34H53FN6O3. The SMILES string of the molecule is COCCN(C)CCCC(C(C)C)N1CC2(CCN(c3ccnnc3Oc3ccc(F)cc3C(=O)N(C(C)C)C(C)C)C2)C1. The van der Waals surface area contributed by atoms with Gasteiger partial charge in [0, 0.05) is 63.4 Å². The Balaban J connectivity index is 1.43. The van der Waals surface area contributed by atoms with E-state index >= 15 is 0 Å². The van der Waals surface area contributed by atoms with Crippen LogP contribution in [0.15, 0.2) is 30.5 Å². The fourth-order valence-corrected chi connectivity index (χ4v) is 7.01. The number of anilines is 1. The predicted octanol–water partition coefficient (Wildman–Crippen LogP) is 5.56. The molecule has 0 bridgehead atoms. The van der Waals surface area contributed by atoms with Crippen LogP contribution in [-0.2, 0) is 4.74 Å². The molecule has 2 fully saturated rings. The van der Waals surface area contributed by atoms with Crippen molar-refractivity contribution < 1.29 is 18.7 Å². The summed E-state index contributed by atoms with van der Waals surface area (Å²) in [4.78, 5) is 22.7. The molecule has 10 heteroatoms. The highest BCUT2D eigenvalue weighted by molar-refractivity contribution is 5.97. The van der Waals surface area contributed by atoms with Gasteiger partial charge in [-0.2, -0.15) is 5.10 Å². The molecule has 44 heavy (non-hydrogen) atoms. The lowest BCUT2D eigenvalue weighted by atomic mass is 9.76. The predicted molar refractivity (Wildman–Crippen MR) is 173 cm³/mol. The van der Waals surface area contributed by atoms with E-state index in [1.54, 1.807) is 18.2 Å². The number of carbonyl (C=O) groups excluding carboxylic acids is 1. The summed E-state index contributed by atoms with van der Waals surface area (Å²) in [6.07, 6.45) is 5.16. The second kappa shape index (κ2) is 15.0. The number of ether oxygens (including phenoxy) is 2. The molecule has 2 aliphatic heterocycles. The molecule has 1 aromatic carbocycles. The zero-order valence-corrected chi connectivity index (χ0v) is 28.1. The summed E-state index contributed by atoms with van der Waals surface area (Å²) in [5.74, 6) is 0.460. The molecule has 1 aromatic heterocycles. The molecule has 9 nitrogen and oxygen atoms in total. The number of benzene rings is 1. The van der Waals surface area contributed by atoms with Crippen molar-refractivity contribution >= 4 is 11.6 Å². The van der Waals surface area contributed by atoms with Crippen molar-refractivity contribution in [3.8, 4) is 11.6 Å². The van der Waals surface area contributed by atoms with Gasteiger partial charge in [-0.15, -0.1) is 5.10 Å². The molecule has 3 heterocycles. The van der Waals surface area contributed by atoms with E-state index in [4.69, 9.17) is 9.47 Å². The molecule has 0 N–H and O–H groups in total. The largest absolute Gasteiger partial charge is 0.435 e. The number of amides is 1. The molecule has 4 rings (SSSR count). The van der Waals surface area contributed by atoms with Gasteiger partial charge in [-0.25, -0.2) is 4.39 Å². The second-order valence-electron chi connectivity index (χ2n) is 13.7. The summed E-state index contributed by atoms with van der Waals surface area (Å²) in [5.41, 5.74) is 1.28. The average molecular weight is 613 g/mol. The Morgan fingerprint density at radius 3 is 2.45 bits per heavy atom. The summed E-state index contributed by atoms with van der Waals surface area (Å²) in [5, 5.41) is 8.42. The van der Waals surface area contributed by atoms with E-state index in [-0.39, 0.29) is 34.7 Å². The smallest absolute Gasteiger partial charge is 0.262 e. The number of hydrogen-bond acceptors (Lipinski definition) is 8. The first-order valence-electron chi connectivity index (χ1n) is 16.2. The molecule has 0 saturated carbocycles. The van der Waals surface area contributed by atoms with Crippen molar-refractivity contribution in [2.75, 3.05) is 64.9 Å². The molecule has 1 amide bonds. The average Bonchev–Trinajstić information content (AvgIpc) is 3.40. The van der Waals surface area contributed by atoms with Gasteiger partial charge >= 0.3 is 0 Å². The van der Waals surface area contributed by atoms with Gasteiger partial charge in [-0.05, 0) is 90.7 Å². The van der Waals surface area contributed by atoms with E-state index in [2.05, 4.69) is 45.8 Å². The fourth-order valence-electron chi connectivity index (χ4n) is 7.01. The number of hydrogen-bond donors (Lipinski definition) is 0. The minimum absolute atomic E-state index is 0.0499. The van der Waals surface area contributed by atoms with Crippen molar-refractivity contribution in [2.45, 2.75) is 78.9 Å². The molecule has 1 spiro atoms. The number of likely N-dealkylation sites (tertiary alicyclic amines) is 1. The van der Waals surface area contributed by atoms with Gasteiger partial charge in [0.05, 0.1) is 18.4 Å². The summed E-state index contributed by atoms with van der Waals surface area (Å²) in [7, 11) is 3.92. The van der Waals surface area contributed by atoms with E-state index < -0.39 is 5.82 Å². The number of rotatable bonds is 15. The van der Waals surface area contributed by atoms with Crippen molar-refractivity contribution in [3.05, 3.63) is 41.8 Å². The van der Waals surface area contributed by atoms with Crippen molar-refractivity contribution in [3.63, 3.8) is 0 Å². The Kier molecular flexibility index (Phi) is 11.6. The highest BCUT2D eigenvalue weighted by atomic mass is 19.1. The highest BCUT2D eigenvalue weighted by Gasteiger charge is 2.50. The van der Waals surface area contributed by atoms with Gasteiger partial charge in [0.2, 0.25) is 0 Å². The molecule has 244 valence electrons. The first kappa shape index (κ1) is 34.1. The van der Waals surface area contributed by atoms with Crippen molar-refractivity contribution in [2.24, 2.45) is 11.3 Å². The van der Waals surface area contributed by atoms with E-state index in [9.17, 15) is 9.18 Å². The number of nitrogens with zero attached hydrogens (tertiary/aromatic N) is 6. The number of methoxy groups -OCH3 is 1. The van der Waals surface area contributed by atoms with Gasteiger partial charge in [-0.1, -0.05) is 13.8 Å². The number of halogens is 1. The van der Waals surface area contributed by atoms with Crippen LogP contribution < -0.4 is 9.64 Å². The maximum atomic E-state index is 14.4. The third-order valence-corrected chi connectivity index (χ3v) is 9.20. The Bertz CT molecular complexity index is 1230. The first-order valence-corrected chi connectivity index (χ1v) is 16.2. The Morgan fingerprint density at radius 1 is 1.07 bits per heavy atom. The van der Waals surface area contributed by atoms with Gasteiger partial charge in [0.25, 0.3) is 11.8 Å². The maximum absolute atomic E-state index is 14.4. The van der Waals surface area contributed by atoms with Gasteiger partial charge in [0.1, 0.15) is 17.3 Å². The lowest BCUT2D eigenvalue weighted by molar-refractivity contribution is -0.0344. The topological polar surface area (TPSA) is 74.3 Å². The van der Waals surface area contributed by atoms with E-state index in [0.29, 0.717) is 17.8 Å². The Labute approximate surface area is 263 Å². The monoisotopic (exact) mass is 612 g/mol. The number of likely N-dealkylation sites (N-methyl/N-ethyl adjacent to an activating group) is 1. The quantitative estimate of drug-likeness (QED) is 0.259. The molecule has 1 atom stereocenters. The molecule has 0 aliphatic carbocycles. The van der Waals surface area contributed by atoms with Gasteiger partial charge in [0.15, 0.2) is 0 Å². The van der Waals surface area contributed by atoms with Crippen LogP contribution in [0.4, 0.5) is 10.1 Å². The fraction of sp³-hybridized carbons (Fsp3) is 0.676. The van der Waals surface area contributed by atoms with Crippen LogP contribution in [-0.4, -0.2) is 109 Å². The lowest BCUT2D eigenvalue weighted by Crippen LogP contribution is -2.62. The van der Waals surface area contributed by atoms with Crippen LogP contribution in [0, 0.1) is 17.2 Å². The van der Waals surface area contributed by atoms with E-state index in [1.807, 2.05) is 33.8 Å². The van der Waals surface area contributed by atoms with E-state index in [1.165, 1.54) is 31.0 Å². The summed E-state index contributed by atoms with van der Waals surface area (Å²) >= 11 is 0. The summed E-state index contributed by atoms with van der Waals surface area (Å²) in [6.45, 7) is 19.3. The molecule has 2 aliphatic rings. The maximum Gasteiger partial charge on any atom is 0.262 e. The zero-order valence-electron chi connectivity index (χ0n) is 28.1. The minimum atomic E-state index is -0.485. The molecule has 2 saturated heterocycles. The van der Waals surface area contributed by atoms with E-state index in [0.717, 1.165) is 58.0 Å². The third-order valence-electron chi connectivity index (χ3n) is 9.20. The van der Waals surface area contributed by atoms with Crippen molar-refractivity contribution in [1.29, 1.82) is 0 Å². The molecule has 1 unspecified atom stereocenters. The Morgan fingerprint density at radius 2 is 1.80 bits per heavy atom. The highest BCUT2D eigenvalue weighted by Crippen LogP contribution is 2.45. The van der Waals surface area contributed by atoms with Crippen LogP contribution in [0.3, 0.4) is 0 Å². The summed E-state index contributed by atoms with van der Waals surface area (Å²) < 4.78 is 25.9. The van der Waals surface area contributed by atoms with Crippen LogP contribution in [0.2, 0.25) is 0 Å². The first-order chi connectivity index (χ1) is 20.9. The number of aromatic nitrogens is 2. The normalized spacial score (nSPS) is 17.2. The van der Waals surface area contributed by atoms with Gasteiger partial charge in [-0.3, -0.25) is 9.69 Å². The van der Waals surface area contributed by atoms with Crippen LogP contribution in [0.25, 0.3) is 0 Å². The second-order valence-corrected chi connectivity index (χ2v) is 13.7. The van der Waals surface area contributed by atoms with Crippen LogP contribution in [0.5, 0.6) is 11.6 Å². The van der Waals surface area contributed by atoms with Crippen LogP contribution >= 0.6 is 0 Å². The lowest BCUT2D eigenvalue weighted by Gasteiger charge is -2.53. The molecule has 0 radical (unpaired) electrons. The minimum Gasteiger partial charge on any atom is -0.435 e.